The van der Waals surface area contributed by atoms with Crippen LogP contribution in [-0.2, 0) is 23.5 Å². The summed E-state index contributed by atoms with van der Waals surface area (Å²) in [6, 6.07) is 6.65. The van der Waals surface area contributed by atoms with Gasteiger partial charge in [0.25, 0.3) is 10.1 Å². The molecular formula is C19H32O5SSi. The zero-order valence-corrected chi connectivity index (χ0v) is 18.6. The molecule has 148 valence electrons. The molecule has 0 amide bonds. The highest BCUT2D eigenvalue weighted by molar-refractivity contribution is 7.86. The average Bonchev–Trinajstić information content (AvgIpc) is 2.53. The molecule has 1 saturated heterocycles. The Morgan fingerprint density at radius 3 is 2.27 bits per heavy atom. The van der Waals surface area contributed by atoms with Gasteiger partial charge in [0.05, 0.1) is 30.3 Å². The van der Waals surface area contributed by atoms with E-state index in [-0.39, 0.29) is 28.7 Å². The minimum atomic E-state index is -3.74. The Kier molecular flexibility index (Phi) is 6.72. The van der Waals surface area contributed by atoms with Gasteiger partial charge in [0.1, 0.15) is 0 Å². The average molecular weight is 401 g/mol. The van der Waals surface area contributed by atoms with Crippen molar-refractivity contribution in [2.24, 2.45) is 0 Å². The third-order valence-electron chi connectivity index (χ3n) is 5.31. The summed E-state index contributed by atoms with van der Waals surface area (Å²) in [5.41, 5.74) is 1.01. The normalized spacial score (nSPS) is 22.4. The molecule has 1 fully saturated rings. The van der Waals surface area contributed by atoms with Crippen molar-refractivity contribution in [1.29, 1.82) is 0 Å². The molecule has 1 aliphatic heterocycles. The summed E-state index contributed by atoms with van der Waals surface area (Å²) >= 11 is 0. The monoisotopic (exact) mass is 400 g/mol. The molecule has 1 aromatic carbocycles. The zero-order valence-electron chi connectivity index (χ0n) is 16.7. The minimum absolute atomic E-state index is 0.0447. The first kappa shape index (κ1) is 21.6. The Morgan fingerprint density at radius 2 is 1.77 bits per heavy atom. The third-order valence-corrected chi connectivity index (χ3v) is 11.1. The molecule has 0 spiro atoms. The van der Waals surface area contributed by atoms with Gasteiger partial charge in [-0.3, -0.25) is 4.18 Å². The van der Waals surface area contributed by atoms with Crippen molar-refractivity contribution in [2.75, 3.05) is 13.2 Å². The molecule has 7 heteroatoms. The van der Waals surface area contributed by atoms with Crippen LogP contribution in [0.15, 0.2) is 29.2 Å². The van der Waals surface area contributed by atoms with Crippen LogP contribution in [0.4, 0.5) is 0 Å². The van der Waals surface area contributed by atoms with Gasteiger partial charge in [-0.05, 0) is 50.0 Å². The van der Waals surface area contributed by atoms with E-state index in [1.54, 1.807) is 24.3 Å². The molecule has 0 aliphatic carbocycles. The Hall–Kier alpha value is -0.733. The van der Waals surface area contributed by atoms with Crippen LogP contribution in [0.1, 0.15) is 39.2 Å². The molecule has 0 saturated carbocycles. The Bertz CT molecular complexity index is 684. The summed E-state index contributed by atoms with van der Waals surface area (Å²) in [6.07, 6.45) is 1.48. The van der Waals surface area contributed by atoms with Crippen molar-refractivity contribution in [3.8, 4) is 0 Å². The first-order chi connectivity index (χ1) is 11.9. The van der Waals surface area contributed by atoms with Crippen LogP contribution in [0, 0.1) is 6.92 Å². The van der Waals surface area contributed by atoms with Crippen LogP contribution in [0.2, 0.25) is 18.1 Å². The lowest BCUT2D eigenvalue weighted by atomic mass is 10.1. The second kappa shape index (κ2) is 8.10. The summed E-state index contributed by atoms with van der Waals surface area (Å²) in [5.74, 6) is 0. The predicted molar refractivity (Wildman–Crippen MR) is 105 cm³/mol. The van der Waals surface area contributed by atoms with E-state index in [9.17, 15) is 8.42 Å². The van der Waals surface area contributed by atoms with Crippen molar-refractivity contribution in [2.45, 2.75) is 75.8 Å². The summed E-state index contributed by atoms with van der Waals surface area (Å²) in [4.78, 5) is 0.179. The van der Waals surface area contributed by atoms with E-state index in [0.717, 1.165) is 18.4 Å². The lowest BCUT2D eigenvalue weighted by molar-refractivity contribution is -0.0644. The van der Waals surface area contributed by atoms with Gasteiger partial charge in [-0.15, -0.1) is 0 Å². The molecule has 1 aliphatic rings. The highest BCUT2D eigenvalue weighted by Gasteiger charge is 2.40. The largest absolute Gasteiger partial charge is 0.412 e. The predicted octanol–water partition coefficient (Wildman–Crippen LogP) is 4.27. The quantitative estimate of drug-likeness (QED) is 0.527. The summed E-state index contributed by atoms with van der Waals surface area (Å²) in [5, 5.41) is 0.162. The molecule has 0 radical (unpaired) electrons. The zero-order chi connectivity index (χ0) is 19.6. The van der Waals surface area contributed by atoms with E-state index in [1.807, 2.05) is 6.92 Å². The standard InChI is InChI=1S/C19H32O5SSi/c1-15-7-11-18(12-8-15)25(20,21)23-14-16-9-10-17(13-22-16)24-26(5,6)19(2,3)4/h7-8,11-12,16-17H,9-10,13-14H2,1-6H3. The summed E-state index contributed by atoms with van der Waals surface area (Å²) in [6.45, 7) is 13.6. The number of hydrogen-bond acceptors (Lipinski definition) is 5. The van der Waals surface area contributed by atoms with Gasteiger partial charge in [0.2, 0.25) is 0 Å². The Balaban J connectivity index is 1.83. The second-order valence-electron chi connectivity index (χ2n) is 8.58. The van der Waals surface area contributed by atoms with Crippen molar-refractivity contribution in [3.63, 3.8) is 0 Å². The molecule has 5 nitrogen and oxygen atoms in total. The van der Waals surface area contributed by atoms with Gasteiger partial charge >= 0.3 is 0 Å². The molecule has 2 rings (SSSR count). The second-order valence-corrected chi connectivity index (χ2v) is 15.0. The molecular weight excluding hydrogens is 368 g/mol. The van der Waals surface area contributed by atoms with Crippen LogP contribution in [0.3, 0.4) is 0 Å². The van der Waals surface area contributed by atoms with Crippen molar-refractivity contribution < 1.29 is 21.8 Å². The number of rotatable bonds is 6. The van der Waals surface area contributed by atoms with Crippen molar-refractivity contribution in [3.05, 3.63) is 29.8 Å². The first-order valence-corrected chi connectivity index (χ1v) is 13.5. The number of ether oxygens (including phenoxy) is 1. The number of hydrogen-bond donors (Lipinski definition) is 0. The van der Waals surface area contributed by atoms with Gasteiger partial charge in [0, 0.05) is 0 Å². The molecule has 26 heavy (non-hydrogen) atoms. The van der Waals surface area contributed by atoms with E-state index >= 15 is 0 Å². The van der Waals surface area contributed by atoms with Crippen LogP contribution in [0.5, 0.6) is 0 Å². The number of aryl methyl sites for hydroxylation is 1. The van der Waals surface area contributed by atoms with Gasteiger partial charge in [-0.2, -0.15) is 8.42 Å². The lowest BCUT2D eigenvalue weighted by Gasteiger charge is -2.41. The van der Waals surface area contributed by atoms with E-state index in [2.05, 4.69) is 33.9 Å². The molecule has 1 aromatic rings. The fourth-order valence-electron chi connectivity index (χ4n) is 2.54. The fraction of sp³-hybridized carbons (Fsp3) is 0.684. The number of benzene rings is 1. The highest BCUT2D eigenvalue weighted by atomic mass is 32.2. The summed E-state index contributed by atoms with van der Waals surface area (Å²) in [7, 11) is -5.56. The fourth-order valence-corrected chi connectivity index (χ4v) is 4.85. The van der Waals surface area contributed by atoms with Crippen LogP contribution in [0.25, 0.3) is 0 Å². The van der Waals surface area contributed by atoms with Gasteiger partial charge < -0.3 is 9.16 Å². The van der Waals surface area contributed by atoms with Gasteiger partial charge in [-0.25, -0.2) is 0 Å². The maximum absolute atomic E-state index is 12.3. The molecule has 0 N–H and O–H groups in total. The van der Waals surface area contributed by atoms with Crippen molar-refractivity contribution >= 4 is 18.4 Å². The minimum Gasteiger partial charge on any atom is -0.412 e. The Labute approximate surface area is 159 Å². The first-order valence-electron chi connectivity index (χ1n) is 9.16. The van der Waals surface area contributed by atoms with Gasteiger partial charge in [-0.1, -0.05) is 38.5 Å². The molecule has 2 unspecified atom stereocenters. The molecule has 0 aromatic heterocycles. The van der Waals surface area contributed by atoms with Crippen LogP contribution in [-0.4, -0.2) is 42.2 Å². The lowest BCUT2D eigenvalue weighted by Crippen LogP contribution is -2.47. The summed E-state index contributed by atoms with van der Waals surface area (Å²) < 4.78 is 41.9. The Morgan fingerprint density at radius 1 is 1.15 bits per heavy atom. The smallest absolute Gasteiger partial charge is 0.297 e. The van der Waals surface area contributed by atoms with Crippen molar-refractivity contribution in [1.82, 2.24) is 0 Å². The maximum atomic E-state index is 12.3. The van der Waals surface area contributed by atoms with E-state index in [4.69, 9.17) is 13.3 Å². The third kappa shape index (κ3) is 5.63. The maximum Gasteiger partial charge on any atom is 0.297 e. The van der Waals surface area contributed by atoms with E-state index in [0.29, 0.717) is 6.61 Å². The highest BCUT2D eigenvalue weighted by Crippen LogP contribution is 2.38. The van der Waals surface area contributed by atoms with Gasteiger partial charge in [0.15, 0.2) is 8.32 Å². The van der Waals surface area contributed by atoms with Crippen LogP contribution >= 0.6 is 0 Å². The molecule has 1 heterocycles. The van der Waals surface area contributed by atoms with E-state index < -0.39 is 18.4 Å². The SMILES string of the molecule is Cc1ccc(S(=O)(=O)OCC2CCC(O[Si](C)(C)C(C)(C)C)CO2)cc1. The van der Waals surface area contributed by atoms with E-state index in [1.165, 1.54) is 0 Å². The topological polar surface area (TPSA) is 61.8 Å². The molecule has 0 bridgehead atoms. The molecule has 2 atom stereocenters. The van der Waals surface area contributed by atoms with Crippen LogP contribution < -0.4 is 0 Å².